The van der Waals surface area contributed by atoms with Crippen molar-refractivity contribution in [2.45, 2.75) is 58.9 Å². The summed E-state index contributed by atoms with van der Waals surface area (Å²) in [7, 11) is 0. The van der Waals surface area contributed by atoms with Crippen molar-refractivity contribution in [1.82, 2.24) is 4.90 Å². The van der Waals surface area contributed by atoms with E-state index in [4.69, 9.17) is 5.73 Å². The molecule has 1 rings (SSSR count). The first-order valence-electron chi connectivity index (χ1n) is 7.09. The van der Waals surface area contributed by atoms with Crippen molar-refractivity contribution in [3.8, 4) is 0 Å². The normalized spacial score (nSPS) is 21.6. The molecule has 2 nitrogen and oxygen atoms in total. The van der Waals surface area contributed by atoms with Gasteiger partial charge in [0.25, 0.3) is 0 Å². The van der Waals surface area contributed by atoms with Crippen molar-refractivity contribution in [3.05, 3.63) is 0 Å². The van der Waals surface area contributed by atoms with Crippen molar-refractivity contribution in [3.63, 3.8) is 0 Å². The summed E-state index contributed by atoms with van der Waals surface area (Å²) in [5.74, 6) is 1.72. The molecule has 0 aromatic rings. The van der Waals surface area contributed by atoms with Crippen LogP contribution in [0.25, 0.3) is 0 Å². The summed E-state index contributed by atoms with van der Waals surface area (Å²) in [6, 6.07) is 0.378. The highest BCUT2D eigenvalue weighted by atomic mass is 15.1. The second-order valence-electron chi connectivity index (χ2n) is 5.92. The molecule has 0 aromatic carbocycles. The molecule has 1 aliphatic heterocycles. The monoisotopic (exact) mass is 226 g/mol. The number of nitrogens with zero attached hydrogens (tertiary/aromatic N) is 1. The third-order valence-corrected chi connectivity index (χ3v) is 3.67. The van der Waals surface area contributed by atoms with Gasteiger partial charge in [-0.15, -0.1) is 0 Å². The molecule has 0 aliphatic carbocycles. The van der Waals surface area contributed by atoms with Gasteiger partial charge < -0.3 is 10.6 Å². The van der Waals surface area contributed by atoms with E-state index >= 15 is 0 Å². The highest BCUT2D eigenvalue weighted by Crippen LogP contribution is 2.21. The molecule has 0 aromatic heterocycles. The van der Waals surface area contributed by atoms with Crippen LogP contribution in [0.5, 0.6) is 0 Å². The van der Waals surface area contributed by atoms with Gasteiger partial charge in [-0.3, -0.25) is 0 Å². The lowest BCUT2D eigenvalue weighted by atomic mass is 9.92. The molecule has 0 radical (unpaired) electrons. The van der Waals surface area contributed by atoms with Crippen LogP contribution < -0.4 is 5.73 Å². The number of rotatable bonds is 6. The van der Waals surface area contributed by atoms with E-state index in [0.29, 0.717) is 6.04 Å². The van der Waals surface area contributed by atoms with Gasteiger partial charge in [-0.25, -0.2) is 0 Å². The third kappa shape index (κ3) is 5.31. The first-order chi connectivity index (χ1) is 7.61. The fraction of sp³-hybridized carbons (Fsp3) is 1.00. The second kappa shape index (κ2) is 7.29. The van der Waals surface area contributed by atoms with E-state index in [1.54, 1.807) is 0 Å². The predicted octanol–water partition coefficient (Wildman–Crippen LogP) is 2.87. The minimum atomic E-state index is 0.378. The van der Waals surface area contributed by atoms with Gasteiger partial charge in [0.1, 0.15) is 0 Å². The van der Waals surface area contributed by atoms with Crippen molar-refractivity contribution in [1.29, 1.82) is 0 Å². The maximum absolute atomic E-state index is 6.16. The van der Waals surface area contributed by atoms with E-state index in [-0.39, 0.29) is 0 Å². The van der Waals surface area contributed by atoms with Gasteiger partial charge >= 0.3 is 0 Å². The summed E-state index contributed by atoms with van der Waals surface area (Å²) in [5, 5.41) is 0. The Labute approximate surface area is 102 Å². The molecule has 2 N–H and O–H groups in total. The minimum Gasteiger partial charge on any atom is -0.327 e. The van der Waals surface area contributed by atoms with Crippen molar-refractivity contribution < 1.29 is 0 Å². The zero-order chi connectivity index (χ0) is 12.0. The highest BCUT2D eigenvalue weighted by Gasteiger charge is 2.20. The number of likely N-dealkylation sites (tertiary alicyclic amines) is 1. The van der Waals surface area contributed by atoms with Crippen LogP contribution >= 0.6 is 0 Å². The Hall–Kier alpha value is -0.0800. The minimum absolute atomic E-state index is 0.378. The Morgan fingerprint density at radius 3 is 2.38 bits per heavy atom. The summed E-state index contributed by atoms with van der Waals surface area (Å²) in [4.78, 5) is 2.57. The molecule has 96 valence electrons. The summed E-state index contributed by atoms with van der Waals surface area (Å²) in [5.41, 5.74) is 6.16. The average molecular weight is 226 g/mol. The van der Waals surface area contributed by atoms with Crippen LogP contribution in [-0.4, -0.2) is 30.6 Å². The number of hydrogen-bond donors (Lipinski definition) is 1. The molecule has 2 heteroatoms. The number of hydrogen-bond acceptors (Lipinski definition) is 2. The largest absolute Gasteiger partial charge is 0.327 e. The lowest BCUT2D eigenvalue weighted by molar-refractivity contribution is 0.166. The SMILES string of the molecule is CCCC1CCN(CC(N)CC(C)C)CC1. The molecule has 1 fully saturated rings. The maximum atomic E-state index is 6.16. The van der Waals surface area contributed by atoms with Gasteiger partial charge in [0, 0.05) is 12.6 Å². The predicted molar refractivity (Wildman–Crippen MR) is 71.5 cm³/mol. The van der Waals surface area contributed by atoms with Crippen LogP contribution in [0.1, 0.15) is 52.9 Å². The summed E-state index contributed by atoms with van der Waals surface area (Å²) >= 11 is 0. The lowest BCUT2D eigenvalue weighted by Crippen LogP contribution is -2.42. The van der Waals surface area contributed by atoms with Crippen molar-refractivity contribution in [2.24, 2.45) is 17.6 Å². The summed E-state index contributed by atoms with van der Waals surface area (Å²) in [6.07, 6.45) is 6.71. The summed E-state index contributed by atoms with van der Waals surface area (Å²) in [6.45, 7) is 10.5. The molecule has 1 saturated heterocycles. The van der Waals surface area contributed by atoms with Gasteiger partial charge in [0.2, 0.25) is 0 Å². The fourth-order valence-corrected chi connectivity index (χ4v) is 2.88. The number of piperidine rings is 1. The topological polar surface area (TPSA) is 29.3 Å². The van der Waals surface area contributed by atoms with Gasteiger partial charge in [-0.1, -0.05) is 33.6 Å². The lowest BCUT2D eigenvalue weighted by Gasteiger charge is -2.33. The van der Waals surface area contributed by atoms with Gasteiger partial charge in [-0.05, 0) is 44.2 Å². The standard InChI is InChI=1S/C14H30N2/c1-4-5-13-6-8-16(9-7-13)11-14(15)10-12(2)3/h12-14H,4-11,15H2,1-3H3. The van der Waals surface area contributed by atoms with E-state index in [2.05, 4.69) is 25.7 Å². The molecule has 1 atom stereocenters. The molecule has 16 heavy (non-hydrogen) atoms. The Kier molecular flexibility index (Phi) is 6.37. The zero-order valence-electron chi connectivity index (χ0n) is 11.4. The van der Waals surface area contributed by atoms with Crippen molar-refractivity contribution in [2.75, 3.05) is 19.6 Å². The van der Waals surface area contributed by atoms with Gasteiger partial charge in [0.15, 0.2) is 0 Å². The first-order valence-corrected chi connectivity index (χ1v) is 7.09. The molecule has 1 heterocycles. The molecule has 0 saturated carbocycles. The molecule has 1 unspecified atom stereocenters. The van der Waals surface area contributed by atoms with Crippen LogP contribution in [0.4, 0.5) is 0 Å². The zero-order valence-corrected chi connectivity index (χ0v) is 11.4. The maximum Gasteiger partial charge on any atom is 0.0170 e. The third-order valence-electron chi connectivity index (χ3n) is 3.67. The summed E-state index contributed by atoms with van der Waals surface area (Å²) < 4.78 is 0. The van der Waals surface area contributed by atoms with E-state index < -0.39 is 0 Å². The van der Waals surface area contributed by atoms with Crippen LogP contribution in [0, 0.1) is 11.8 Å². The molecule has 0 bridgehead atoms. The quantitative estimate of drug-likeness (QED) is 0.754. The Morgan fingerprint density at radius 1 is 1.25 bits per heavy atom. The molecule has 1 aliphatic rings. The smallest absolute Gasteiger partial charge is 0.0170 e. The average Bonchev–Trinajstić information content (AvgIpc) is 2.20. The Morgan fingerprint density at radius 2 is 1.88 bits per heavy atom. The first kappa shape index (κ1) is 14.0. The van der Waals surface area contributed by atoms with Crippen molar-refractivity contribution >= 4 is 0 Å². The molecule has 0 amide bonds. The van der Waals surface area contributed by atoms with Gasteiger partial charge in [-0.2, -0.15) is 0 Å². The molecule has 0 spiro atoms. The molecular formula is C14H30N2. The fourth-order valence-electron chi connectivity index (χ4n) is 2.88. The Bertz CT molecular complexity index is 172. The van der Waals surface area contributed by atoms with Crippen LogP contribution in [0.2, 0.25) is 0 Å². The molecular weight excluding hydrogens is 196 g/mol. The van der Waals surface area contributed by atoms with Gasteiger partial charge in [0.05, 0.1) is 0 Å². The van der Waals surface area contributed by atoms with Crippen LogP contribution in [0.15, 0.2) is 0 Å². The highest BCUT2D eigenvalue weighted by molar-refractivity contribution is 4.76. The van der Waals surface area contributed by atoms with Crippen LogP contribution in [-0.2, 0) is 0 Å². The Balaban J connectivity index is 2.16. The van der Waals surface area contributed by atoms with E-state index in [0.717, 1.165) is 24.8 Å². The number of nitrogens with two attached hydrogens (primary N) is 1. The van der Waals surface area contributed by atoms with E-state index in [9.17, 15) is 0 Å². The second-order valence-corrected chi connectivity index (χ2v) is 5.92. The van der Waals surface area contributed by atoms with E-state index in [1.807, 2.05) is 0 Å². The van der Waals surface area contributed by atoms with Crippen LogP contribution in [0.3, 0.4) is 0 Å². The van der Waals surface area contributed by atoms with E-state index in [1.165, 1.54) is 38.8 Å².